The molecule has 6 nitrogen and oxygen atoms in total. The molecule has 1 aliphatic heterocycles. The molecule has 0 spiro atoms. The third-order valence-electron chi connectivity index (χ3n) is 3.81. The molecule has 1 atom stereocenters. The predicted molar refractivity (Wildman–Crippen MR) is 78.9 cm³/mol. The minimum Gasteiger partial charge on any atom is -0.495 e. The summed E-state index contributed by atoms with van der Waals surface area (Å²) in [5.74, 6) is 0.604. The third-order valence-corrected chi connectivity index (χ3v) is 3.81. The summed E-state index contributed by atoms with van der Waals surface area (Å²) in [4.78, 5) is 17.8. The van der Waals surface area contributed by atoms with Crippen LogP contribution in [0.2, 0.25) is 0 Å². The smallest absolute Gasteiger partial charge is 0.222 e. The second-order valence-corrected chi connectivity index (χ2v) is 5.62. The van der Waals surface area contributed by atoms with Crippen molar-refractivity contribution in [1.29, 1.82) is 0 Å². The minimum absolute atomic E-state index is 0.123. The van der Waals surface area contributed by atoms with Gasteiger partial charge >= 0.3 is 0 Å². The lowest BCUT2D eigenvalue weighted by Gasteiger charge is -2.38. The van der Waals surface area contributed by atoms with Crippen LogP contribution in [0.3, 0.4) is 0 Å². The Morgan fingerprint density at radius 1 is 1.57 bits per heavy atom. The number of nitrogens with one attached hydrogen (secondary N) is 1. The van der Waals surface area contributed by atoms with Crippen molar-refractivity contribution < 1.29 is 14.6 Å². The highest BCUT2D eigenvalue weighted by molar-refractivity contribution is 5.76. The maximum atomic E-state index is 11.5. The Morgan fingerprint density at radius 3 is 3.10 bits per heavy atom. The summed E-state index contributed by atoms with van der Waals surface area (Å²) >= 11 is 0. The summed E-state index contributed by atoms with van der Waals surface area (Å²) in [7, 11) is 3.21. The molecule has 21 heavy (non-hydrogen) atoms. The van der Waals surface area contributed by atoms with E-state index in [-0.39, 0.29) is 12.3 Å². The van der Waals surface area contributed by atoms with Gasteiger partial charge in [-0.3, -0.25) is 14.7 Å². The van der Waals surface area contributed by atoms with Gasteiger partial charge in [-0.2, -0.15) is 0 Å². The molecule has 2 rings (SSSR count). The van der Waals surface area contributed by atoms with Crippen molar-refractivity contribution in [2.45, 2.75) is 31.4 Å². The number of β-amino-alcohol motifs (C(OH)–C–C–N with tert-alkyl or cyclic N) is 1. The highest BCUT2D eigenvalue weighted by Gasteiger charge is 2.35. The van der Waals surface area contributed by atoms with Crippen molar-refractivity contribution in [3.63, 3.8) is 0 Å². The normalized spacial score (nSPS) is 22.8. The molecule has 1 saturated heterocycles. The molecule has 1 aromatic rings. The number of carbonyl (C=O) groups is 1. The number of hydrogen-bond donors (Lipinski definition) is 2. The summed E-state index contributed by atoms with van der Waals surface area (Å²) in [6.45, 7) is 2.10. The second kappa shape index (κ2) is 6.87. The average Bonchev–Trinajstić information content (AvgIpc) is 2.47. The van der Waals surface area contributed by atoms with Crippen LogP contribution in [0.1, 0.15) is 24.8 Å². The van der Waals surface area contributed by atoms with Crippen molar-refractivity contribution in [2.24, 2.45) is 0 Å². The molecule has 1 unspecified atom stereocenters. The standard InChI is InChI=1S/C15H23N3O3/c1-16-14(19)7-15(20)4-3-5-18(11-15)10-12-6-13(21-2)9-17-8-12/h6,8-9,20H,3-5,7,10-11H2,1-2H3,(H,16,19). The van der Waals surface area contributed by atoms with E-state index in [4.69, 9.17) is 4.74 Å². The number of ether oxygens (including phenoxy) is 1. The largest absolute Gasteiger partial charge is 0.495 e. The van der Waals surface area contributed by atoms with Crippen LogP contribution in [0.5, 0.6) is 5.75 Å². The molecule has 1 aliphatic rings. The molecule has 2 N–H and O–H groups in total. The lowest BCUT2D eigenvalue weighted by molar-refractivity contribution is -0.128. The first-order chi connectivity index (χ1) is 10.0. The summed E-state index contributed by atoms with van der Waals surface area (Å²) < 4.78 is 5.17. The lowest BCUT2D eigenvalue weighted by Crippen LogP contribution is -2.49. The Hall–Kier alpha value is -1.66. The average molecular weight is 293 g/mol. The third kappa shape index (κ3) is 4.41. The monoisotopic (exact) mass is 293 g/mol. The first-order valence-electron chi connectivity index (χ1n) is 7.18. The van der Waals surface area contributed by atoms with E-state index in [9.17, 15) is 9.90 Å². The predicted octanol–water partition coefficient (Wildman–Crippen LogP) is 0.553. The lowest BCUT2D eigenvalue weighted by atomic mass is 9.89. The van der Waals surface area contributed by atoms with Gasteiger partial charge < -0.3 is 15.2 Å². The van der Waals surface area contributed by atoms with Crippen LogP contribution in [0, 0.1) is 0 Å². The molecule has 0 aromatic carbocycles. The van der Waals surface area contributed by atoms with Gasteiger partial charge in [0.15, 0.2) is 0 Å². The zero-order valence-electron chi connectivity index (χ0n) is 12.6. The van der Waals surface area contributed by atoms with Crippen molar-refractivity contribution in [1.82, 2.24) is 15.2 Å². The number of piperidine rings is 1. The van der Waals surface area contributed by atoms with Crippen LogP contribution in [0.25, 0.3) is 0 Å². The molecular formula is C15H23N3O3. The number of hydrogen-bond acceptors (Lipinski definition) is 5. The number of carbonyl (C=O) groups excluding carboxylic acids is 1. The zero-order valence-corrected chi connectivity index (χ0v) is 12.6. The van der Waals surface area contributed by atoms with Crippen LogP contribution in [-0.4, -0.2) is 53.7 Å². The van der Waals surface area contributed by atoms with Crippen molar-refractivity contribution >= 4 is 5.91 Å². The van der Waals surface area contributed by atoms with Gasteiger partial charge in [-0.05, 0) is 31.0 Å². The van der Waals surface area contributed by atoms with Crippen LogP contribution in [0.15, 0.2) is 18.5 Å². The van der Waals surface area contributed by atoms with Crippen molar-refractivity contribution in [2.75, 3.05) is 27.2 Å². The number of likely N-dealkylation sites (tertiary alicyclic amines) is 1. The van der Waals surface area contributed by atoms with E-state index >= 15 is 0 Å². The number of aromatic nitrogens is 1. The fourth-order valence-electron chi connectivity index (χ4n) is 2.79. The molecule has 2 heterocycles. The maximum Gasteiger partial charge on any atom is 0.222 e. The highest BCUT2D eigenvalue weighted by atomic mass is 16.5. The number of amides is 1. The summed E-state index contributed by atoms with van der Waals surface area (Å²) in [5, 5.41) is 13.2. The molecule has 1 fully saturated rings. The van der Waals surface area contributed by atoms with Gasteiger partial charge in [-0.15, -0.1) is 0 Å². The summed E-state index contributed by atoms with van der Waals surface area (Å²) in [6, 6.07) is 1.94. The van der Waals surface area contributed by atoms with E-state index in [0.29, 0.717) is 19.5 Å². The molecule has 0 bridgehead atoms. The van der Waals surface area contributed by atoms with Gasteiger partial charge in [0, 0.05) is 26.3 Å². The van der Waals surface area contributed by atoms with E-state index < -0.39 is 5.60 Å². The van der Waals surface area contributed by atoms with Crippen molar-refractivity contribution in [3.8, 4) is 5.75 Å². The van der Waals surface area contributed by atoms with Crippen LogP contribution in [-0.2, 0) is 11.3 Å². The Labute approximate surface area is 125 Å². The summed E-state index contributed by atoms with van der Waals surface area (Å²) in [6.07, 6.45) is 5.16. The van der Waals surface area contributed by atoms with E-state index in [1.807, 2.05) is 6.07 Å². The van der Waals surface area contributed by atoms with E-state index in [1.165, 1.54) is 0 Å². The Kier molecular flexibility index (Phi) is 5.14. The Bertz CT molecular complexity index is 495. The fourth-order valence-corrected chi connectivity index (χ4v) is 2.79. The quantitative estimate of drug-likeness (QED) is 0.829. The molecule has 0 saturated carbocycles. The van der Waals surface area contributed by atoms with E-state index in [0.717, 1.165) is 24.3 Å². The van der Waals surface area contributed by atoms with Gasteiger partial charge in [0.05, 0.1) is 25.3 Å². The number of rotatable bonds is 5. The molecule has 6 heteroatoms. The second-order valence-electron chi connectivity index (χ2n) is 5.62. The zero-order chi connectivity index (χ0) is 15.3. The first kappa shape index (κ1) is 15.7. The van der Waals surface area contributed by atoms with E-state index in [1.54, 1.807) is 26.6 Å². The van der Waals surface area contributed by atoms with Crippen LogP contribution < -0.4 is 10.1 Å². The van der Waals surface area contributed by atoms with Gasteiger partial charge in [-0.1, -0.05) is 0 Å². The van der Waals surface area contributed by atoms with Crippen molar-refractivity contribution in [3.05, 3.63) is 24.0 Å². The highest BCUT2D eigenvalue weighted by Crippen LogP contribution is 2.26. The Morgan fingerprint density at radius 2 is 2.38 bits per heavy atom. The molecule has 0 aliphatic carbocycles. The number of methoxy groups -OCH3 is 1. The first-order valence-corrected chi connectivity index (χ1v) is 7.18. The molecule has 0 radical (unpaired) electrons. The molecular weight excluding hydrogens is 270 g/mol. The number of pyridine rings is 1. The van der Waals surface area contributed by atoms with Gasteiger partial charge in [0.1, 0.15) is 5.75 Å². The van der Waals surface area contributed by atoms with Gasteiger partial charge in [0.25, 0.3) is 0 Å². The SMILES string of the molecule is CNC(=O)CC1(O)CCCN(Cc2cncc(OC)c2)C1. The number of nitrogens with zero attached hydrogens (tertiary/aromatic N) is 2. The van der Waals surface area contributed by atoms with Gasteiger partial charge in [-0.25, -0.2) is 0 Å². The molecule has 116 valence electrons. The van der Waals surface area contributed by atoms with Gasteiger partial charge in [0.2, 0.25) is 5.91 Å². The molecule has 1 amide bonds. The minimum atomic E-state index is -0.940. The van der Waals surface area contributed by atoms with Crippen LogP contribution >= 0.6 is 0 Å². The Balaban J connectivity index is 1.98. The molecule has 1 aromatic heterocycles. The number of aliphatic hydroxyl groups is 1. The van der Waals surface area contributed by atoms with Crippen LogP contribution in [0.4, 0.5) is 0 Å². The van der Waals surface area contributed by atoms with E-state index in [2.05, 4.69) is 15.2 Å². The fraction of sp³-hybridized carbons (Fsp3) is 0.600. The topological polar surface area (TPSA) is 74.7 Å². The maximum absolute atomic E-state index is 11.5. The summed E-state index contributed by atoms with van der Waals surface area (Å²) in [5.41, 5.74) is 0.100.